The Bertz CT molecular complexity index is 155. The Balaban J connectivity index is 0. The number of aliphatic hydroxyl groups is 1. The van der Waals surface area contributed by atoms with E-state index in [2.05, 4.69) is 24.2 Å². The summed E-state index contributed by atoms with van der Waals surface area (Å²) in [5.41, 5.74) is 0. The highest BCUT2D eigenvalue weighted by atomic mass is 16.5. The fourth-order valence-corrected chi connectivity index (χ4v) is 1.55. The number of hydrogen-bond acceptors (Lipinski definition) is 5. The molecule has 1 fully saturated rings. The molecule has 0 saturated carbocycles. The van der Waals surface area contributed by atoms with E-state index in [4.69, 9.17) is 9.53 Å². The molecule has 1 heterocycles. The lowest BCUT2D eigenvalue weighted by Gasteiger charge is -2.31. The van der Waals surface area contributed by atoms with Gasteiger partial charge < -0.3 is 24.9 Å². The lowest BCUT2D eigenvalue weighted by molar-refractivity contribution is -0.0979. The molecular weight excluding hydrogens is 220 g/mol. The van der Waals surface area contributed by atoms with E-state index in [1.807, 2.05) is 13.8 Å². The van der Waals surface area contributed by atoms with Gasteiger partial charge in [0.25, 0.3) is 0 Å². The minimum Gasteiger partial charge on any atom is -0.393 e. The van der Waals surface area contributed by atoms with Crippen molar-refractivity contribution in [3.63, 3.8) is 0 Å². The fraction of sp³-hybridized carbons (Fsp3) is 0.917. The molecule has 1 aliphatic rings. The Morgan fingerprint density at radius 3 is 2.41 bits per heavy atom. The Morgan fingerprint density at radius 2 is 2.12 bits per heavy atom. The first-order chi connectivity index (χ1) is 8.11. The highest BCUT2D eigenvalue weighted by Gasteiger charge is 2.21. The number of aliphatic hydroxyl groups excluding tert-OH is 1. The van der Waals surface area contributed by atoms with Crippen molar-refractivity contribution in [2.75, 3.05) is 47.4 Å². The third kappa shape index (κ3) is 11.8. The van der Waals surface area contributed by atoms with E-state index < -0.39 is 0 Å². The molecule has 0 spiro atoms. The Kier molecular flexibility index (Phi) is 15.1. The van der Waals surface area contributed by atoms with Crippen LogP contribution in [0.25, 0.3) is 0 Å². The van der Waals surface area contributed by atoms with E-state index in [9.17, 15) is 5.11 Å². The second kappa shape index (κ2) is 13.6. The van der Waals surface area contributed by atoms with Crippen molar-refractivity contribution in [1.29, 1.82) is 0 Å². The minimum atomic E-state index is -0.0544. The van der Waals surface area contributed by atoms with Gasteiger partial charge in [-0.15, -0.1) is 0 Å². The number of nitrogens with one attached hydrogen (secondary N) is 1. The maximum Gasteiger partial charge on any atom is 0.106 e. The van der Waals surface area contributed by atoms with E-state index in [0.717, 1.165) is 32.7 Å². The van der Waals surface area contributed by atoms with Crippen molar-refractivity contribution in [3.8, 4) is 0 Å². The van der Waals surface area contributed by atoms with Crippen LogP contribution >= 0.6 is 0 Å². The first-order valence-electron chi connectivity index (χ1n) is 5.90. The molecule has 0 radical (unpaired) electrons. The SMILES string of the molecule is C=O.CNCCOC.C[C@H]1CN(C)CCC1O. The van der Waals surface area contributed by atoms with Gasteiger partial charge in [-0.1, -0.05) is 6.92 Å². The normalized spacial score (nSPS) is 24.1. The number of rotatable bonds is 3. The van der Waals surface area contributed by atoms with E-state index >= 15 is 0 Å². The average Bonchev–Trinajstić information content (AvgIpc) is 2.35. The van der Waals surface area contributed by atoms with Crippen LogP contribution in [0.2, 0.25) is 0 Å². The standard InChI is InChI=1S/C7H15NO.C4H11NO.CH2O/c1-6-5-8(2)4-3-7(6)9;1-5-3-4-6-2;1-2/h6-7,9H,3-5H2,1-2H3;5H,3-4H2,1-2H3;1H2/t6-,7?;;/m0../s1. The predicted octanol–water partition coefficient (Wildman–Crippen LogP) is -0.0138. The van der Waals surface area contributed by atoms with Crippen LogP contribution in [-0.2, 0) is 9.53 Å². The molecule has 1 rings (SSSR count). The van der Waals surface area contributed by atoms with Gasteiger partial charge in [0.15, 0.2) is 0 Å². The number of carbonyl (C=O) groups is 1. The summed E-state index contributed by atoms with van der Waals surface area (Å²) in [5, 5.41) is 12.2. The number of methoxy groups -OCH3 is 1. The number of ether oxygens (including phenoxy) is 1. The second-order valence-electron chi connectivity index (χ2n) is 4.19. The number of carbonyl (C=O) groups excluding carboxylic acids is 1. The van der Waals surface area contributed by atoms with Crippen LogP contribution in [0.4, 0.5) is 0 Å². The van der Waals surface area contributed by atoms with Gasteiger partial charge in [0, 0.05) is 26.7 Å². The largest absolute Gasteiger partial charge is 0.393 e. The summed E-state index contributed by atoms with van der Waals surface area (Å²) in [4.78, 5) is 10.3. The quantitative estimate of drug-likeness (QED) is 0.688. The molecule has 104 valence electrons. The Morgan fingerprint density at radius 1 is 1.53 bits per heavy atom. The van der Waals surface area contributed by atoms with Crippen LogP contribution in [0, 0.1) is 5.92 Å². The van der Waals surface area contributed by atoms with E-state index in [0.29, 0.717) is 5.92 Å². The van der Waals surface area contributed by atoms with Crippen LogP contribution in [-0.4, -0.2) is 70.3 Å². The second-order valence-corrected chi connectivity index (χ2v) is 4.19. The van der Waals surface area contributed by atoms with E-state index in [1.54, 1.807) is 7.11 Å². The molecule has 1 unspecified atom stereocenters. The molecule has 0 amide bonds. The number of likely N-dealkylation sites (N-methyl/N-ethyl adjacent to an activating group) is 1. The van der Waals surface area contributed by atoms with Crippen molar-refractivity contribution in [1.82, 2.24) is 10.2 Å². The first-order valence-corrected chi connectivity index (χ1v) is 5.90. The zero-order valence-electron chi connectivity index (χ0n) is 11.6. The zero-order chi connectivity index (χ0) is 13.7. The molecule has 0 aliphatic carbocycles. The van der Waals surface area contributed by atoms with Gasteiger partial charge in [-0.05, 0) is 26.4 Å². The zero-order valence-corrected chi connectivity index (χ0v) is 11.6. The number of likely N-dealkylation sites (tertiary alicyclic amines) is 1. The molecule has 0 aromatic heterocycles. The molecule has 17 heavy (non-hydrogen) atoms. The Hall–Kier alpha value is -0.490. The average molecular weight is 248 g/mol. The monoisotopic (exact) mass is 248 g/mol. The summed E-state index contributed by atoms with van der Waals surface area (Å²) in [6, 6.07) is 0. The highest BCUT2D eigenvalue weighted by Crippen LogP contribution is 2.14. The molecule has 1 saturated heterocycles. The van der Waals surface area contributed by atoms with Crippen LogP contribution in [0.5, 0.6) is 0 Å². The summed E-state index contributed by atoms with van der Waals surface area (Å²) < 4.78 is 4.72. The van der Waals surface area contributed by atoms with Gasteiger partial charge in [0.05, 0.1) is 12.7 Å². The number of nitrogens with zero attached hydrogens (tertiary/aromatic N) is 1. The summed E-state index contributed by atoms with van der Waals surface area (Å²) in [6.45, 7) is 7.93. The van der Waals surface area contributed by atoms with Crippen LogP contribution in [0.1, 0.15) is 13.3 Å². The van der Waals surface area contributed by atoms with Crippen LogP contribution in [0.15, 0.2) is 0 Å². The Labute approximate surface area is 105 Å². The topological polar surface area (TPSA) is 61.8 Å². The van der Waals surface area contributed by atoms with E-state index in [-0.39, 0.29) is 6.10 Å². The molecule has 2 N–H and O–H groups in total. The van der Waals surface area contributed by atoms with Gasteiger partial charge in [-0.3, -0.25) is 0 Å². The lowest BCUT2D eigenvalue weighted by atomic mass is 9.97. The number of hydrogen-bond donors (Lipinski definition) is 2. The van der Waals surface area contributed by atoms with Crippen molar-refractivity contribution < 1.29 is 14.6 Å². The summed E-state index contributed by atoms with van der Waals surface area (Å²) >= 11 is 0. The summed E-state index contributed by atoms with van der Waals surface area (Å²) in [6.07, 6.45) is 0.888. The van der Waals surface area contributed by atoms with Gasteiger partial charge in [-0.2, -0.15) is 0 Å². The van der Waals surface area contributed by atoms with Gasteiger partial charge in [0.1, 0.15) is 6.79 Å². The van der Waals surface area contributed by atoms with Gasteiger partial charge >= 0.3 is 0 Å². The smallest absolute Gasteiger partial charge is 0.106 e. The first kappa shape index (κ1) is 18.9. The van der Waals surface area contributed by atoms with Crippen LogP contribution < -0.4 is 5.32 Å². The fourth-order valence-electron chi connectivity index (χ4n) is 1.55. The van der Waals surface area contributed by atoms with Gasteiger partial charge in [-0.25, -0.2) is 0 Å². The summed E-state index contributed by atoms with van der Waals surface area (Å²) in [7, 11) is 5.69. The molecule has 5 heteroatoms. The third-order valence-corrected chi connectivity index (χ3v) is 2.62. The van der Waals surface area contributed by atoms with Crippen molar-refractivity contribution in [2.24, 2.45) is 5.92 Å². The molecular formula is C12H28N2O3. The molecule has 2 atom stereocenters. The van der Waals surface area contributed by atoms with Crippen molar-refractivity contribution in [3.05, 3.63) is 0 Å². The molecule has 5 nitrogen and oxygen atoms in total. The molecule has 1 aliphatic heterocycles. The predicted molar refractivity (Wildman–Crippen MR) is 70.2 cm³/mol. The highest BCUT2D eigenvalue weighted by molar-refractivity contribution is 5.10. The summed E-state index contributed by atoms with van der Waals surface area (Å²) in [5.74, 6) is 0.462. The van der Waals surface area contributed by atoms with Gasteiger partial charge in [0.2, 0.25) is 0 Å². The lowest BCUT2D eigenvalue weighted by Crippen LogP contribution is -2.39. The third-order valence-electron chi connectivity index (χ3n) is 2.62. The number of piperidine rings is 1. The maximum atomic E-state index is 9.27. The van der Waals surface area contributed by atoms with Crippen molar-refractivity contribution >= 4 is 6.79 Å². The van der Waals surface area contributed by atoms with Crippen molar-refractivity contribution in [2.45, 2.75) is 19.4 Å². The van der Waals surface area contributed by atoms with Crippen LogP contribution in [0.3, 0.4) is 0 Å². The molecule has 0 aromatic carbocycles. The van der Waals surface area contributed by atoms with E-state index in [1.165, 1.54) is 0 Å². The minimum absolute atomic E-state index is 0.0544. The maximum absolute atomic E-state index is 9.27. The molecule has 0 aromatic rings. The molecule has 0 bridgehead atoms.